The molecule has 0 aromatic rings. The number of nitrogens with zero attached hydrogens (tertiary/aromatic N) is 1. The molecule has 0 spiro atoms. The van der Waals surface area contributed by atoms with Gasteiger partial charge in [-0.25, -0.2) is 0 Å². The van der Waals surface area contributed by atoms with Gasteiger partial charge in [0.25, 0.3) is 0 Å². The van der Waals surface area contributed by atoms with Crippen molar-refractivity contribution >= 4 is 11.8 Å². The van der Waals surface area contributed by atoms with Gasteiger partial charge in [-0.15, -0.1) is 0 Å². The Hall–Kier alpha value is -1.10. The molecule has 0 bridgehead atoms. The Morgan fingerprint density at radius 1 is 1.53 bits per heavy atom. The summed E-state index contributed by atoms with van der Waals surface area (Å²) in [7, 11) is 3.47. The molecule has 1 fully saturated rings. The number of hydrogen-bond donors (Lipinski definition) is 2. The molecule has 0 saturated carbocycles. The van der Waals surface area contributed by atoms with Crippen molar-refractivity contribution < 1.29 is 9.59 Å². The normalized spacial score (nSPS) is 22.0. The molecule has 2 N–H and O–H groups in total. The Labute approximate surface area is 90.2 Å². The molecule has 1 atom stereocenters. The minimum absolute atomic E-state index is 0.00440. The first-order valence-corrected chi connectivity index (χ1v) is 5.13. The fourth-order valence-electron chi connectivity index (χ4n) is 1.41. The SMILES string of the molecule is CNC(C)(C)C(=O)NC1CCN(C)C1=O. The largest absolute Gasteiger partial charge is 0.344 e. The second kappa shape index (κ2) is 4.18. The monoisotopic (exact) mass is 213 g/mol. The second-order valence-corrected chi connectivity index (χ2v) is 4.45. The highest BCUT2D eigenvalue weighted by molar-refractivity contribution is 5.92. The molecular formula is C10H19N3O2. The summed E-state index contributed by atoms with van der Waals surface area (Å²) in [5.41, 5.74) is -0.637. The smallest absolute Gasteiger partial charge is 0.244 e. The Bertz CT molecular complexity index is 276. The number of amides is 2. The van der Waals surface area contributed by atoms with E-state index in [0.717, 1.165) is 0 Å². The number of nitrogens with one attached hydrogen (secondary N) is 2. The zero-order valence-corrected chi connectivity index (χ0v) is 9.76. The van der Waals surface area contributed by atoms with Crippen molar-refractivity contribution in [3.8, 4) is 0 Å². The summed E-state index contributed by atoms with van der Waals surface area (Å²) in [6, 6.07) is -0.352. The van der Waals surface area contributed by atoms with Crippen molar-refractivity contribution in [2.75, 3.05) is 20.6 Å². The van der Waals surface area contributed by atoms with Crippen LogP contribution in [0.25, 0.3) is 0 Å². The summed E-state index contributed by atoms with van der Waals surface area (Å²) in [4.78, 5) is 24.9. The average molecular weight is 213 g/mol. The molecule has 1 aliphatic rings. The van der Waals surface area contributed by atoms with E-state index in [1.807, 2.05) is 0 Å². The summed E-state index contributed by atoms with van der Waals surface area (Å²) >= 11 is 0. The van der Waals surface area contributed by atoms with Crippen molar-refractivity contribution in [1.29, 1.82) is 0 Å². The van der Waals surface area contributed by atoms with Gasteiger partial charge in [0.1, 0.15) is 6.04 Å². The maximum atomic E-state index is 11.8. The number of carbonyl (C=O) groups is 2. The number of rotatable bonds is 3. The number of likely N-dealkylation sites (tertiary alicyclic amines) is 1. The second-order valence-electron chi connectivity index (χ2n) is 4.45. The predicted octanol–water partition coefficient (Wildman–Crippen LogP) is -0.669. The van der Waals surface area contributed by atoms with Gasteiger partial charge in [0.2, 0.25) is 11.8 Å². The predicted molar refractivity (Wildman–Crippen MR) is 57.3 cm³/mol. The van der Waals surface area contributed by atoms with Gasteiger partial charge in [0, 0.05) is 13.6 Å². The molecule has 1 saturated heterocycles. The van der Waals surface area contributed by atoms with E-state index < -0.39 is 5.54 Å². The molecule has 1 rings (SSSR count). The van der Waals surface area contributed by atoms with E-state index in [1.54, 1.807) is 32.8 Å². The third-order valence-electron chi connectivity index (χ3n) is 2.93. The summed E-state index contributed by atoms with van der Waals surface area (Å²) in [6.45, 7) is 4.28. The molecule has 0 aliphatic carbocycles. The lowest BCUT2D eigenvalue weighted by Crippen LogP contribution is -2.55. The molecule has 5 nitrogen and oxygen atoms in total. The van der Waals surface area contributed by atoms with E-state index >= 15 is 0 Å². The Morgan fingerprint density at radius 3 is 2.53 bits per heavy atom. The fourth-order valence-corrected chi connectivity index (χ4v) is 1.41. The first kappa shape index (κ1) is 12.0. The van der Waals surface area contributed by atoms with Crippen LogP contribution in [0.4, 0.5) is 0 Å². The van der Waals surface area contributed by atoms with E-state index in [1.165, 1.54) is 0 Å². The minimum Gasteiger partial charge on any atom is -0.344 e. The molecule has 1 unspecified atom stereocenters. The highest BCUT2D eigenvalue weighted by Crippen LogP contribution is 2.10. The first-order valence-electron chi connectivity index (χ1n) is 5.13. The summed E-state index contributed by atoms with van der Waals surface area (Å²) in [5, 5.41) is 5.66. The Morgan fingerprint density at radius 2 is 2.13 bits per heavy atom. The molecule has 0 aromatic carbocycles. The highest BCUT2D eigenvalue weighted by Gasteiger charge is 2.34. The standard InChI is InChI=1S/C10H19N3O2/c1-10(2,11-3)9(15)12-7-5-6-13(4)8(7)14/h7,11H,5-6H2,1-4H3,(H,12,15). The quantitative estimate of drug-likeness (QED) is 0.653. The van der Waals surface area contributed by atoms with Gasteiger partial charge in [-0.2, -0.15) is 0 Å². The molecule has 0 radical (unpaired) electrons. The van der Waals surface area contributed by atoms with Crippen molar-refractivity contribution in [3.63, 3.8) is 0 Å². The van der Waals surface area contributed by atoms with Crippen LogP contribution >= 0.6 is 0 Å². The summed E-state index contributed by atoms with van der Waals surface area (Å²) < 4.78 is 0. The van der Waals surface area contributed by atoms with Gasteiger partial charge in [0.15, 0.2) is 0 Å². The number of hydrogen-bond acceptors (Lipinski definition) is 3. The molecule has 86 valence electrons. The van der Waals surface area contributed by atoms with Gasteiger partial charge in [0.05, 0.1) is 5.54 Å². The van der Waals surface area contributed by atoms with Crippen molar-refractivity contribution in [2.45, 2.75) is 31.8 Å². The zero-order valence-electron chi connectivity index (χ0n) is 9.76. The van der Waals surface area contributed by atoms with Crippen LogP contribution in [0.1, 0.15) is 20.3 Å². The van der Waals surface area contributed by atoms with E-state index in [2.05, 4.69) is 10.6 Å². The number of likely N-dealkylation sites (N-methyl/N-ethyl adjacent to an activating group) is 2. The Kier molecular flexibility index (Phi) is 3.34. The van der Waals surface area contributed by atoms with Crippen LogP contribution in [0.5, 0.6) is 0 Å². The van der Waals surface area contributed by atoms with Crippen LogP contribution in [-0.2, 0) is 9.59 Å². The van der Waals surface area contributed by atoms with Gasteiger partial charge >= 0.3 is 0 Å². The van der Waals surface area contributed by atoms with E-state index in [-0.39, 0.29) is 17.9 Å². The molecular weight excluding hydrogens is 194 g/mol. The van der Waals surface area contributed by atoms with Crippen LogP contribution < -0.4 is 10.6 Å². The molecule has 15 heavy (non-hydrogen) atoms. The number of carbonyl (C=O) groups excluding carboxylic acids is 2. The highest BCUT2D eigenvalue weighted by atomic mass is 16.2. The molecule has 1 aliphatic heterocycles. The van der Waals surface area contributed by atoms with Gasteiger partial charge in [-0.3, -0.25) is 9.59 Å². The lowest BCUT2D eigenvalue weighted by atomic mass is 10.0. The maximum absolute atomic E-state index is 11.8. The van der Waals surface area contributed by atoms with Crippen LogP contribution in [0.2, 0.25) is 0 Å². The lowest BCUT2D eigenvalue weighted by molar-refractivity contribution is -0.133. The maximum Gasteiger partial charge on any atom is 0.244 e. The third kappa shape index (κ3) is 2.47. The molecule has 1 heterocycles. The van der Waals surface area contributed by atoms with Gasteiger partial charge in [-0.1, -0.05) is 0 Å². The molecule has 5 heteroatoms. The topological polar surface area (TPSA) is 61.4 Å². The summed E-state index contributed by atoms with van der Waals surface area (Å²) in [5.74, 6) is -0.145. The summed E-state index contributed by atoms with van der Waals surface area (Å²) in [6.07, 6.45) is 0.695. The van der Waals surface area contributed by atoms with Gasteiger partial charge in [-0.05, 0) is 27.3 Å². The molecule has 0 aromatic heterocycles. The van der Waals surface area contributed by atoms with Crippen LogP contribution in [0.3, 0.4) is 0 Å². The third-order valence-corrected chi connectivity index (χ3v) is 2.93. The van der Waals surface area contributed by atoms with Crippen molar-refractivity contribution in [2.24, 2.45) is 0 Å². The first-order chi connectivity index (χ1) is 6.88. The van der Waals surface area contributed by atoms with Gasteiger partial charge < -0.3 is 15.5 Å². The van der Waals surface area contributed by atoms with E-state index in [0.29, 0.717) is 13.0 Å². The van der Waals surface area contributed by atoms with Crippen LogP contribution in [0, 0.1) is 0 Å². The van der Waals surface area contributed by atoms with E-state index in [9.17, 15) is 9.59 Å². The minimum atomic E-state index is -0.637. The Balaban J connectivity index is 2.56. The van der Waals surface area contributed by atoms with Crippen LogP contribution in [-0.4, -0.2) is 48.9 Å². The lowest BCUT2D eigenvalue weighted by Gasteiger charge is -2.24. The fraction of sp³-hybridized carbons (Fsp3) is 0.800. The van der Waals surface area contributed by atoms with Crippen LogP contribution in [0.15, 0.2) is 0 Å². The zero-order chi connectivity index (χ0) is 11.6. The molecule has 2 amide bonds. The average Bonchev–Trinajstić information content (AvgIpc) is 2.49. The van der Waals surface area contributed by atoms with Crippen molar-refractivity contribution in [3.05, 3.63) is 0 Å². The van der Waals surface area contributed by atoms with Crippen molar-refractivity contribution in [1.82, 2.24) is 15.5 Å². The van der Waals surface area contributed by atoms with E-state index in [4.69, 9.17) is 0 Å².